The molecule has 2 heterocycles. The molecule has 0 atom stereocenters. The van der Waals surface area contributed by atoms with Gasteiger partial charge in [0.25, 0.3) is 5.91 Å². The molecule has 0 unspecified atom stereocenters. The van der Waals surface area contributed by atoms with Crippen molar-refractivity contribution in [3.05, 3.63) is 95.2 Å². The van der Waals surface area contributed by atoms with E-state index in [1.54, 1.807) is 53.6 Å². The van der Waals surface area contributed by atoms with Gasteiger partial charge in [-0.15, -0.1) is 0 Å². The van der Waals surface area contributed by atoms with E-state index >= 15 is 0 Å². The SMILES string of the molecule is Nc1ccc(C(=O)N2CCC(O)(c3ccccc3Cl)CC2)cc1.Oc1cccc2ccoc12. The number of para-hydroxylation sites is 1. The van der Waals surface area contributed by atoms with E-state index < -0.39 is 5.60 Å². The number of anilines is 1. The highest BCUT2D eigenvalue weighted by Gasteiger charge is 2.36. The van der Waals surface area contributed by atoms with Crippen LogP contribution >= 0.6 is 11.6 Å². The number of halogens is 1. The lowest BCUT2D eigenvalue weighted by Crippen LogP contribution is -2.45. The van der Waals surface area contributed by atoms with Crippen molar-refractivity contribution in [1.82, 2.24) is 4.90 Å². The number of hydrogen-bond donors (Lipinski definition) is 3. The van der Waals surface area contributed by atoms with Crippen LogP contribution in [-0.2, 0) is 5.60 Å². The summed E-state index contributed by atoms with van der Waals surface area (Å²) in [6.45, 7) is 0.982. The molecule has 170 valence electrons. The Morgan fingerprint density at radius 3 is 2.33 bits per heavy atom. The van der Waals surface area contributed by atoms with Gasteiger partial charge in [0.05, 0.1) is 11.9 Å². The number of likely N-dealkylation sites (tertiary alicyclic amines) is 1. The van der Waals surface area contributed by atoms with Crippen LogP contribution in [0.1, 0.15) is 28.8 Å². The number of phenols is 1. The van der Waals surface area contributed by atoms with Gasteiger partial charge in [-0.3, -0.25) is 4.79 Å². The number of piperidine rings is 1. The summed E-state index contributed by atoms with van der Waals surface area (Å²) in [6, 6.07) is 21.3. The fourth-order valence-corrected chi connectivity index (χ4v) is 4.28. The van der Waals surface area contributed by atoms with Crippen molar-refractivity contribution in [3.8, 4) is 5.75 Å². The molecule has 1 saturated heterocycles. The molecule has 0 saturated carbocycles. The molecule has 1 amide bonds. The summed E-state index contributed by atoms with van der Waals surface area (Å²) in [5.41, 5.74) is 7.21. The topological polar surface area (TPSA) is 99.9 Å². The largest absolute Gasteiger partial charge is 0.504 e. The summed E-state index contributed by atoms with van der Waals surface area (Å²) >= 11 is 6.20. The highest BCUT2D eigenvalue weighted by molar-refractivity contribution is 6.31. The Morgan fingerprint density at radius 2 is 1.67 bits per heavy atom. The summed E-state index contributed by atoms with van der Waals surface area (Å²) in [5, 5.41) is 21.6. The van der Waals surface area contributed by atoms with Gasteiger partial charge in [-0.1, -0.05) is 41.9 Å². The van der Waals surface area contributed by atoms with Crippen molar-refractivity contribution < 1.29 is 19.4 Å². The molecule has 5 rings (SSSR count). The summed E-state index contributed by atoms with van der Waals surface area (Å²) in [5.74, 6) is 0.161. The van der Waals surface area contributed by atoms with Crippen molar-refractivity contribution in [2.24, 2.45) is 0 Å². The van der Waals surface area contributed by atoms with Crippen molar-refractivity contribution in [3.63, 3.8) is 0 Å². The third-order valence-corrected chi connectivity index (χ3v) is 6.20. The zero-order valence-electron chi connectivity index (χ0n) is 17.9. The molecular weight excluding hydrogens is 440 g/mol. The van der Waals surface area contributed by atoms with Crippen LogP contribution in [-0.4, -0.2) is 34.1 Å². The average Bonchev–Trinajstić information content (AvgIpc) is 3.31. The third kappa shape index (κ3) is 4.97. The fourth-order valence-electron chi connectivity index (χ4n) is 3.97. The molecule has 3 aromatic carbocycles. The lowest BCUT2D eigenvalue weighted by atomic mass is 9.84. The smallest absolute Gasteiger partial charge is 0.253 e. The van der Waals surface area contributed by atoms with Crippen LogP contribution in [0, 0.1) is 0 Å². The van der Waals surface area contributed by atoms with Crippen LogP contribution in [0.4, 0.5) is 5.69 Å². The summed E-state index contributed by atoms with van der Waals surface area (Å²) in [7, 11) is 0. The van der Waals surface area contributed by atoms with Crippen molar-refractivity contribution in [2.75, 3.05) is 18.8 Å². The number of nitrogens with zero attached hydrogens (tertiary/aromatic N) is 1. The number of rotatable bonds is 2. The van der Waals surface area contributed by atoms with E-state index in [4.69, 9.17) is 26.9 Å². The maximum Gasteiger partial charge on any atom is 0.253 e. The first kappa shape index (κ1) is 22.7. The molecule has 6 nitrogen and oxygen atoms in total. The molecule has 33 heavy (non-hydrogen) atoms. The number of hydrogen-bond acceptors (Lipinski definition) is 5. The molecule has 4 N–H and O–H groups in total. The molecule has 1 aliphatic rings. The molecule has 1 fully saturated rings. The molecule has 0 aliphatic carbocycles. The Labute approximate surface area is 196 Å². The average molecular weight is 465 g/mol. The van der Waals surface area contributed by atoms with E-state index in [9.17, 15) is 9.90 Å². The molecule has 1 aromatic heterocycles. The summed E-state index contributed by atoms with van der Waals surface area (Å²) in [4.78, 5) is 14.3. The number of aromatic hydroxyl groups is 1. The van der Waals surface area contributed by atoms with Gasteiger partial charge in [0, 0.05) is 40.3 Å². The van der Waals surface area contributed by atoms with Crippen LogP contribution in [0.3, 0.4) is 0 Å². The van der Waals surface area contributed by atoms with Gasteiger partial charge in [-0.05, 0) is 55.3 Å². The van der Waals surface area contributed by atoms with Crippen LogP contribution in [0.2, 0.25) is 5.02 Å². The van der Waals surface area contributed by atoms with Crippen LogP contribution in [0.15, 0.2) is 83.5 Å². The minimum Gasteiger partial charge on any atom is -0.504 e. The van der Waals surface area contributed by atoms with E-state index in [1.165, 1.54) is 0 Å². The number of fused-ring (bicyclic) bond motifs is 1. The second-order valence-corrected chi connectivity index (χ2v) is 8.45. The van der Waals surface area contributed by atoms with Gasteiger partial charge >= 0.3 is 0 Å². The quantitative estimate of drug-likeness (QED) is 0.355. The van der Waals surface area contributed by atoms with Gasteiger partial charge in [0.2, 0.25) is 0 Å². The standard InChI is InChI=1S/C18H19ClN2O2.C8H6O2/c19-16-4-2-1-3-15(16)18(23)9-11-21(12-10-18)17(22)13-5-7-14(20)8-6-13;9-7-3-1-2-6-4-5-10-8(6)7/h1-8,23H,9-12,20H2;1-5,9H. The highest BCUT2D eigenvalue weighted by atomic mass is 35.5. The van der Waals surface area contributed by atoms with Crippen molar-refractivity contribution in [2.45, 2.75) is 18.4 Å². The molecule has 1 aliphatic heterocycles. The number of nitrogens with two attached hydrogens (primary N) is 1. The highest BCUT2D eigenvalue weighted by Crippen LogP contribution is 2.37. The number of benzene rings is 3. The normalized spacial score (nSPS) is 15.0. The Hall–Kier alpha value is -3.48. The molecule has 0 spiro atoms. The first-order valence-electron chi connectivity index (χ1n) is 10.6. The zero-order chi connectivity index (χ0) is 23.4. The number of furan rings is 1. The van der Waals surface area contributed by atoms with E-state index in [0.29, 0.717) is 47.8 Å². The number of aliphatic hydroxyl groups is 1. The number of phenolic OH excluding ortho intramolecular Hbond substituents is 1. The van der Waals surface area contributed by atoms with Gasteiger partial charge < -0.3 is 25.3 Å². The minimum atomic E-state index is -0.976. The maximum atomic E-state index is 12.5. The molecule has 4 aromatic rings. The number of amides is 1. The molecular formula is C26H25ClN2O4. The van der Waals surface area contributed by atoms with E-state index in [1.807, 2.05) is 30.3 Å². The number of nitrogen functional groups attached to an aromatic ring is 1. The minimum absolute atomic E-state index is 0.0359. The molecule has 0 bridgehead atoms. The Balaban J connectivity index is 0.000000214. The fraction of sp³-hybridized carbons (Fsp3) is 0.192. The van der Waals surface area contributed by atoms with Crippen LogP contribution in [0.25, 0.3) is 11.0 Å². The first-order valence-corrected chi connectivity index (χ1v) is 11.0. The Bertz CT molecular complexity index is 1240. The second kappa shape index (κ2) is 9.57. The predicted octanol–water partition coefficient (Wildman–Crippen LogP) is 5.18. The monoisotopic (exact) mass is 464 g/mol. The van der Waals surface area contributed by atoms with Gasteiger partial charge in [0.1, 0.15) is 0 Å². The lowest BCUT2D eigenvalue weighted by Gasteiger charge is -2.39. The van der Waals surface area contributed by atoms with Crippen LogP contribution in [0.5, 0.6) is 5.75 Å². The summed E-state index contributed by atoms with van der Waals surface area (Å²) in [6.07, 6.45) is 2.50. The van der Waals surface area contributed by atoms with E-state index in [0.717, 1.165) is 10.9 Å². The zero-order valence-corrected chi connectivity index (χ0v) is 18.7. The number of carbonyl (C=O) groups excluding carboxylic acids is 1. The maximum absolute atomic E-state index is 12.5. The summed E-state index contributed by atoms with van der Waals surface area (Å²) < 4.78 is 5.00. The third-order valence-electron chi connectivity index (χ3n) is 5.87. The van der Waals surface area contributed by atoms with E-state index in [-0.39, 0.29) is 11.7 Å². The Morgan fingerprint density at radius 1 is 0.970 bits per heavy atom. The van der Waals surface area contributed by atoms with Crippen molar-refractivity contribution in [1.29, 1.82) is 0 Å². The Kier molecular flexibility index (Phi) is 6.58. The van der Waals surface area contributed by atoms with Crippen LogP contribution < -0.4 is 5.73 Å². The lowest BCUT2D eigenvalue weighted by molar-refractivity contribution is -0.0210. The molecule has 7 heteroatoms. The van der Waals surface area contributed by atoms with Gasteiger partial charge in [0.15, 0.2) is 11.3 Å². The van der Waals surface area contributed by atoms with E-state index in [2.05, 4.69) is 0 Å². The predicted molar refractivity (Wildman–Crippen MR) is 129 cm³/mol. The van der Waals surface area contributed by atoms with Gasteiger partial charge in [-0.25, -0.2) is 0 Å². The molecule has 0 radical (unpaired) electrons. The van der Waals surface area contributed by atoms with Gasteiger partial charge in [-0.2, -0.15) is 0 Å². The number of carbonyl (C=O) groups is 1. The van der Waals surface area contributed by atoms with Crippen molar-refractivity contribution >= 4 is 34.2 Å². The second-order valence-electron chi connectivity index (χ2n) is 8.04. The first-order chi connectivity index (χ1) is 15.9.